The van der Waals surface area contributed by atoms with Crippen LogP contribution < -0.4 is 14.4 Å². The minimum atomic E-state index is -0.822. The molecule has 178 valence electrons. The summed E-state index contributed by atoms with van der Waals surface area (Å²) in [7, 11) is 0. The number of anilines is 1. The number of carbonyl (C=O) groups is 1. The Labute approximate surface area is 214 Å². The summed E-state index contributed by atoms with van der Waals surface area (Å²) in [5.41, 5.74) is 2.00. The van der Waals surface area contributed by atoms with Gasteiger partial charge < -0.3 is 14.8 Å². The van der Waals surface area contributed by atoms with Crippen LogP contribution in [0.25, 0.3) is 11.1 Å². The first-order valence-electron chi connectivity index (χ1n) is 11.0. The third-order valence-corrected chi connectivity index (χ3v) is 6.65. The minimum Gasteiger partial charge on any atom is -0.619 e. The highest BCUT2D eigenvalue weighted by molar-refractivity contribution is 7.80. The van der Waals surface area contributed by atoms with Crippen LogP contribution in [0.15, 0.2) is 67.0 Å². The highest BCUT2D eigenvalue weighted by Gasteiger charge is 2.49. The number of pyridine rings is 1. The first kappa shape index (κ1) is 24.5. The summed E-state index contributed by atoms with van der Waals surface area (Å²) in [5.74, 6) is 0.583. The van der Waals surface area contributed by atoms with E-state index in [9.17, 15) is 10.0 Å². The number of hydrogen-bond donors (Lipinski definition) is 0. The second-order valence-electron chi connectivity index (χ2n) is 8.58. The van der Waals surface area contributed by atoms with Gasteiger partial charge in [0, 0.05) is 18.7 Å². The fourth-order valence-electron chi connectivity index (χ4n) is 3.93. The lowest BCUT2D eigenvalue weighted by atomic mass is 10.0. The summed E-state index contributed by atoms with van der Waals surface area (Å²) in [4.78, 5) is 16.5. The van der Waals surface area contributed by atoms with E-state index in [0.717, 1.165) is 21.6 Å². The van der Waals surface area contributed by atoms with Gasteiger partial charge in [-0.05, 0) is 73.9 Å². The van der Waals surface area contributed by atoms with E-state index >= 15 is 0 Å². The molecule has 1 aromatic heterocycles. The van der Waals surface area contributed by atoms with E-state index in [-0.39, 0.29) is 10.9 Å². The zero-order valence-electron chi connectivity index (χ0n) is 19.3. The fraction of sp³-hybridized carbons (Fsp3) is 0.231. The van der Waals surface area contributed by atoms with Gasteiger partial charge in [0.25, 0.3) is 5.91 Å². The van der Waals surface area contributed by atoms with E-state index in [0.29, 0.717) is 35.9 Å². The molecule has 7 nitrogen and oxygen atoms in total. The van der Waals surface area contributed by atoms with Crippen LogP contribution in [0.5, 0.6) is 5.75 Å². The van der Waals surface area contributed by atoms with Crippen molar-refractivity contribution in [3.05, 3.63) is 82.8 Å². The Morgan fingerprint density at radius 3 is 2.40 bits per heavy atom. The molecule has 9 heteroatoms. The number of amides is 1. The van der Waals surface area contributed by atoms with Crippen molar-refractivity contribution >= 4 is 40.5 Å². The van der Waals surface area contributed by atoms with Crippen molar-refractivity contribution in [3.8, 4) is 22.9 Å². The minimum absolute atomic E-state index is 0.150. The van der Waals surface area contributed by atoms with Crippen LogP contribution in [0.1, 0.15) is 25.8 Å². The average molecular weight is 507 g/mol. The summed E-state index contributed by atoms with van der Waals surface area (Å²) >= 11 is 11.8. The van der Waals surface area contributed by atoms with Crippen LogP contribution in [-0.4, -0.2) is 34.6 Å². The molecule has 0 radical (unpaired) electrons. The Morgan fingerprint density at radius 2 is 1.77 bits per heavy atom. The molecule has 2 heterocycles. The van der Waals surface area contributed by atoms with E-state index in [4.69, 9.17) is 33.8 Å². The van der Waals surface area contributed by atoms with E-state index in [1.165, 1.54) is 17.3 Å². The summed E-state index contributed by atoms with van der Waals surface area (Å²) in [5, 5.41) is 21.0. The summed E-state index contributed by atoms with van der Waals surface area (Å²) < 4.78 is 6.64. The molecule has 0 unspecified atom stereocenters. The number of benzene rings is 2. The number of nitrogens with zero attached hydrogens (tertiary/aromatic N) is 4. The van der Waals surface area contributed by atoms with Gasteiger partial charge >= 0.3 is 0 Å². The fourth-order valence-corrected chi connectivity index (χ4v) is 4.66. The summed E-state index contributed by atoms with van der Waals surface area (Å²) in [6.45, 7) is 4.66. The third-order valence-electron chi connectivity index (χ3n) is 5.94. The molecule has 0 N–H and O–H groups in total. The zero-order chi connectivity index (χ0) is 25.2. The molecule has 1 saturated heterocycles. The van der Waals surface area contributed by atoms with Crippen LogP contribution in [0.3, 0.4) is 0 Å². The number of hydrogen-bond acceptors (Lipinski definition) is 5. The Kier molecular flexibility index (Phi) is 6.92. The lowest BCUT2D eigenvalue weighted by Crippen LogP contribution is -2.44. The SMILES string of the molecule is CC1(C)C(=O)N(c2ccc(C#N)c(Cl)c2)C(=S)N1CCCOc1ccc(-c2cc[n+]([O-])cc2)cc1. The molecule has 1 fully saturated rings. The summed E-state index contributed by atoms with van der Waals surface area (Å²) in [6.07, 6.45) is 3.58. The largest absolute Gasteiger partial charge is 0.619 e. The molecule has 0 aliphatic carbocycles. The van der Waals surface area contributed by atoms with Crippen LogP contribution in [-0.2, 0) is 4.79 Å². The van der Waals surface area contributed by atoms with Gasteiger partial charge in [-0.3, -0.25) is 9.69 Å². The van der Waals surface area contributed by atoms with Crippen molar-refractivity contribution in [2.45, 2.75) is 25.8 Å². The average Bonchev–Trinajstić information content (AvgIpc) is 3.01. The highest BCUT2D eigenvalue weighted by atomic mass is 35.5. The maximum atomic E-state index is 13.2. The van der Waals surface area contributed by atoms with Gasteiger partial charge in [-0.15, -0.1) is 0 Å². The topological polar surface area (TPSA) is 83.5 Å². The molecule has 2 aromatic carbocycles. The van der Waals surface area contributed by atoms with Crippen LogP contribution in [0.2, 0.25) is 5.02 Å². The van der Waals surface area contributed by atoms with Crippen LogP contribution in [0, 0.1) is 16.5 Å². The molecule has 1 aliphatic rings. The first-order chi connectivity index (χ1) is 16.7. The highest BCUT2D eigenvalue weighted by Crippen LogP contribution is 2.34. The Balaban J connectivity index is 1.36. The monoisotopic (exact) mass is 506 g/mol. The number of carbonyl (C=O) groups excluding carboxylic acids is 1. The lowest BCUT2D eigenvalue weighted by Gasteiger charge is -2.29. The van der Waals surface area contributed by atoms with Gasteiger partial charge in [0.2, 0.25) is 0 Å². The molecule has 0 spiro atoms. The van der Waals surface area contributed by atoms with Gasteiger partial charge in [0.1, 0.15) is 17.4 Å². The quantitative estimate of drug-likeness (QED) is 0.200. The van der Waals surface area contributed by atoms with Gasteiger partial charge in [0.15, 0.2) is 17.5 Å². The molecule has 0 bridgehead atoms. The molecule has 3 aromatic rings. The van der Waals surface area contributed by atoms with Crippen LogP contribution in [0.4, 0.5) is 5.69 Å². The second kappa shape index (κ2) is 9.90. The molecule has 0 saturated carbocycles. The normalized spacial score (nSPS) is 14.8. The van der Waals surface area contributed by atoms with Crippen molar-refractivity contribution in [3.63, 3.8) is 0 Å². The smallest absolute Gasteiger partial charge is 0.258 e. The van der Waals surface area contributed by atoms with Crippen LogP contribution >= 0.6 is 23.8 Å². The van der Waals surface area contributed by atoms with E-state index < -0.39 is 5.54 Å². The van der Waals surface area contributed by atoms with Gasteiger partial charge in [-0.1, -0.05) is 23.7 Å². The van der Waals surface area contributed by atoms with E-state index in [1.54, 1.807) is 30.3 Å². The number of ether oxygens (including phenoxy) is 1. The van der Waals surface area contributed by atoms with Gasteiger partial charge in [-0.25, -0.2) is 0 Å². The number of halogens is 1. The second-order valence-corrected chi connectivity index (χ2v) is 9.36. The van der Waals surface area contributed by atoms with Crippen molar-refractivity contribution in [2.24, 2.45) is 0 Å². The number of thiocarbonyl (C=S) groups is 1. The lowest BCUT2D eigenvalue weighted by molar-refractivity contribution is -0.605. The predicted molar refractivity (Wildman–Crippen MR) is 138 cm³/mol. The van der Waals surface area contributed by atoms with E-state index in [2.05, 4.69) is 0 Å². The molecule has 35 heavy (non-hydrogen) atoms. The Morgan fingerprint density at radius 1 is 1.11 bits per heavy atom. The molecular weight excluding hydrogens is 484 g/mol. The molecular formula is C26H23ClN4O3S. The maximum absolute atomic E-state index is 13.2. The zero-order valence-corrected chi connectivity index (χ0v) is 20.8. The molecule has 4 rings (SSSR count). The van der Waals surface area contributed by atoms with Crippen molar-refractivity contribution in [1.82, 2.24) is 4.90 Å². The Hall–Kier alpha value is -3.67. The molecule has 0 atom stereocenters. The number of rotatable bonds is 7. The maximum Gasteiger partial charge on any atom is 0.258 e. The van der Waals surface area contributed by atoms with E-state index in [1.807, 2.05) is 49.1 Å². The predicted octanol–water partition coefficient (Wildman–Crippen LogP) is 4.69. The number of aromatic nitrogens is 1. The number of nitriles is 1. The third kappa shape index (κ3) is 4.92. The summed E-state index contributed by atoms with van der Waals surface area (Å²) in [6, 6.07) is 18.0. The van der Waals surface area contributed by atoms with Crippen molar-refractivity contribution in [2.75, 3.05) is 18.1 Å². The first-order valence-corrected chi connectivity index (χ1v) is 11.8. The van der Waals surface area contributed by atoms with Crippen molar-refractivity contribution < 1.29 is 14.3 Å². The van der Waals surface area contributed by atoms with Crippen molar-refractivity contribution in [1.29, 1.82) is 5.26 Å². The standard InChI is InChI=1S/C26H23ClN4O3S/c1-26(2)24(32)31(21-7-4-20(17-28)23(27)16-21)25(35)30(26)12-3-15-34-22-8-5-18(6-9-22)19-10-13-29(33)14-11-19/h4-11,13-14,16H,3,12,15H2,1-2H3. The van der Waals surface area contributed by atoms with Gasteiger partial charge in [0.05, 0.1) is 22.9 Å². The Bertz CT molecular complexity index is 1300. The molecule has 1 aliphatic heterocycles. The van der Waals surface area contributed by atoms with Gasteiger partial charge in [-0.2, -0.15) is 9.99 Å². The molecule has 1 amide bonds.